The van der Waals surface area contributed by atoms with Crippen molar-refractivity contribution in [2.24, 2.45) is 0 Å². The Morgan fingerprint density at radius 2 is 2.04 bits per heavy atom. The summed E-state index contributed by atoms with van der Waals surface area (Å²) in [5.74, 6) is 0.333. The normalized spacial score (nSPS) is 12.8. The number of nitrogens with one attached hydrogen (secondary N) is 1. The molecule has 0 saturated carbocycles. The first kappa shape index (κ1) is 18.8. The maximum absolute atomic E-state index is 11.2. The van der Waals surface area contributed by atoms with Gasteiger partial charge in [0, 0.05) is 24.2 Å². The number of hydroxylamine groups is 1. The minimum Gasteiger partial charge on any atom is -0.320 e. The highest BCUT2D eigenvalue weighted by Crippen LogP contribution is 2.29. The maximum Gasteiger partial charge on any atom is 0.267 e. The van der Waals surface area contributed by atoms with Crippen LogP contribution < -0.4 is 5.48 Å². The molecular formula is C21H24N4O2. The molecule has 6 nitrogen and oxygen atoms in total. The number of rotatable bonds is 6. The van der Waals surface area contributed by atoms with Crippen LogP contribution in [-0.2, 0) is 4.79 Å². The molecule has 1 unspecified atom stereocenters. The van der Waals surface area contributed by atoms with Crippen LogP contribution >= 0.6 is 0 Å². The van der Waals surface area contributed by atoms with E-state index in [0.29, 0.717) is 0 Å². The number of hydrogen-bond donors (Lipinski definition) is 2. The lowest BCUT2D eigenvalue weighted by atomic mass is 10.1. The van der Waals surface area contributed by atoms with Gasteiger partial charge in [0.1, 0.15) is 5.82 Å². The molecular weight excluding hydrogens is 340 g/mol. The number of carbonyl (C=O) groups is 1. The fourth-order valence-corrected chi connectivity index (χ4v) is 3.29. The first-order valence-electron chi connectivity index (χ1n) is 8.84. The van der Waals surface area contributed by atoms with Crippen molar-refractivity contribution in [1.82, 2.24) is 19.9 Å². The SMILES string of the molecule is CC(CN(C)C)n1c(-c2cccc(/C=C/C(=O)NO)c2)nc2ccccc21. The molecule has 3 aromatic rings. The van der Waals surface area contributed by atoms with Gasteiger partial charge in [-0.2, -0.15) is 0 Å². The summed E-state index contributed by atoms with van der Waals surface area (Å²) in [6.45, 7) is 3.08. The van der Waals surface area contributed by atoms with Crippen molar-refractivity contribution in [3.63, 3.8) is 0 Å². The van der Waals surface area contributed by atoms with E-state index in [2.05, 4.69) is 36.6 Å². The smallest absolute Gasteiger partial charge is 0.267 e. The van der Waals surface area contributed by atoms with Gasteiger partial charge in [0.2, 0.25) is 0 Å². The monoisotopic (exact) mass is 364 g/mol. The Morgan fingerprint density at radius 3 is 2.78 bits per heavy atom. The first-order chi connectivity index (χ1) is 13.0. The van der Waals surface area contributed by atoms with Crippen LogP contribution in [0.5, 0.6) is 0 Å². The summed E-state index contributed by atoms with van der Waals surface area (Å²) in [4.78, 5) is 18.3. The second-order valence-corrected chi connectivity index (χ2v) is 6.84. The standard InChI is InChI=1S/C21H24N4O2/c1-15(14-24(2)3)25-19-10-5-4-9-18(19)22-21(25)17-8-6-7-16(13-17)11-12-20(26)23-27/h4-13,15,27H,14H2,1-3H3,(H,23,26)/b12-11+. The molecule has 2 N–H and O–H groups in total. The Hall–Kier alpha value is -2.96. The van der Waals surface area contributed by atoms with Gasteiger partial charge in [0.15, 0.2) is 0 Å². The summed E-state index contributed by atoms with van der Waals surface area (Å²) in [5, 5.41) is 8.63. The summed E-state index contributed by atoms with van der Waals surface area (Å²) in [6, 6.07) is 16.2. The second-order valence-electron chi connectivity index (χ2n) is 6.84. The van der Waals surface area contributed by atoms with E-state index in [-0.39, 0.29) is 6.04 Å². The minimum atomic E-state index is -0.563. The van der Waals surface area contributed by atoms with Crippen molar-refractivity contribution >= 4 is 23.0 Å². The van der Waals surface area contributed by atoms with Crippen LogP contribution in [0.2, 0.25) is 0 Å². The topological polar surface area (TPSA) is 70.4 Å². The third kappa shape index (κ3) is 4.24. The van der Waals surface area contributed by atoms with Gasteiger partial charge in [-0.3, -0.25) is 10.0 Å². The summed E-state index contributed by atoms with van der Waals surface area (Å²) in [5.41, 5.74) is 5.48. The molecule has 0 spiro atoms. The van der Waals surface area contributed by atoms with E-state index in [9.17, 15) is 4.79 Å². The zero-order chi connectivity index (χ0) is 19.4. The molecule has 0 aliphatic heterocycles. The number of benzene rings is 2. The lowest BCUT2D eigenvalue weighted by Gasteiger charge is -2.21. The molecule has 0 saturated heterocycles. The van der Waals surface area contributed by atoms with E-state index in [1.54, 1.807) is 11.6 Å². The number of aromatic nitrogens is 2. The lowest BCUT2D eigenvalue weighted by molar-refractivity contribution is -0.124. The number of fused-ring (bicyclic) bond motifs is 1. The van der Waals surface area contributed by atoms with E-state index >= 15 is 0 Å². The van der Waals surface area contributed by atoms with Crippen LogP contribution in [0, 0.1) is 0 Å². The molecule has 1 amide bonds. The molecule has 27 heavy (non-hydrogen) atoms. The lowest BCUT2D eigenvalue weighted by Crippen LogP contribution is -2.23. The molecule has 0 fully saturated rings. The number of amides is 1. The van der Waals surface area contributed by atoms with Crippen molar-refractivity contribution < 1.29 is 10.0 Å². The highest BCUT2D eigenvalue weighted by Gasteiger charge is 2.17. The second kappa shape index (κ2) is 8.16. The molecule has 3 rings (SSSR count). The number of carbonyl (C=O) groups excluding carboxylic acids is 1. The van der Waals surface area contributed by atoms with Gasteiger partial charge < -0.3 is 9.47 Å². The molecule has 1 heterocycles. The van der Waals surface area contributed by atoms with Crippen LogP contribution in [0.25, 0.3) is 28.5 Å². The Labute approximate surface area is 158 Å². The third-order valence-electron chi connectivity index (χ3n) is 4.35. The van der Waals surface area contributed by atoms with Crippen molar-refractivity contribution in [1.29, 1.82) is 0 Å². The molecule has 0 radical (unpaired) electrons. The van der Waals surface area contributed by atoms with E-state index in [0.717, 1.165) is 34.5 Å². The van der Waals surface area contributed by atoms with Gasteiger partial charge in [0.05, 0.1) is 11.0 Å². The van der Waals surface area contributed by atoms with E-state index in [1.165, 1.54) is 6.08 Å². The van der Waals surface area contributed by atoms with E-state index < -0.39 is 5.91 Å². The quantitative estimate of drug-likeness (QED) is 0.400. The van der Waals surface area contributed by atoms with Gasteiger partial charge in [-0.25, -0.2) is 10.5 Å². The predicted octanol–water partition coefficient (Wildman–Crippen LogP) is 3.34. The van der Waals surface area contributed by atoms with Crippen LogP contribution in [0.15, 0.2) is 54.6 Å². The summed E-state index contributed by atoms with van der Waals surface area (Å²) in [6.07, 6.45) is 2.95. The fourth-order valence-electron chi connectivity index (χ4n) is 3.29. The fraction of sp³-hybridized carbons (Fsp3) is 0.238. The summed E-state index contributed by atoms with van der Waals surface area (Å²) < 4.78 is 2.26. The number of para-hydroxylation sites is 2. The largest absolute Gasteiger partial charge is 0.320 e. The molecule has 2 aromatic carbocycles. The van der Waals surface area contributed by atoms with Gasteiger partial charge in [0.25, 0.3) is 5.91 Å². The number of nitrogens with zero attached hydrogens (tertiary/aromatic N) is 3. The summed E-state index contributed by atoms with van der Waals surface area (Å²) >= 11 is 0. The number of likely N-dealkylation sites (N-methyl/N-ethyl adjacent to an activating group) is 1. The molecule has 0 aliphatic carbocycles. The predicted molar refractivity (Wildman–Crippen MR) is 107 cm³/mol. The first-order valence-corrected chi connectivity index (χ1v) is 8.84. The molecule has 1 aromatic heterocycles. The van der Waals surface area contributed by atoms with E-state index in [4.69, 9.17) is 10.2 Å². The van der Waals surface area contributed by atoms with Crippen molar-refractivity contribution in [3.05, 3.63) is 60.2 Å². The Bertz CT molecular complexity index is 975. The third-order valence-corrected chi connectivity index (χ3v) is 4.35. The van der Waals surface area contributed by atoms with Crippen LogP contribution in [0.3, 0.4) is 0 Å². The zero-order valence-corrected chi connectivity index (χ0v) is 15.8. The number of imidazole rings is 1. The van der Waals surface area contributed by atoms with Crippen molar-refractivity contribution in [3.8, 4) is 11.4 Å². The summed E-state index contributed by atoms with van der Waals surface area (Å²) in [7, 11) is 4.12. The molecule has 0 aliphatic rings. The van der Waals surface area contributed by atoms with Crippen LogP contribution in [-0.4, -0.2) is 46.2 Å². The Morgan fingerprint density at radius 1 is 1.26 bits per heavy atom. The molecule has 6 heteroatoms. The zero-order valence-electron chi connectivity index (χ0n) is 15.8. The van der Waals surface area contributed by atoms with E-state index in [1.807, 2.05) is 42.5 Å². The highest BCUT2D eigenvalue weighted by atomic mass is 16.5. The van der Waals surface area contributed by atoms with Crippen LogP contribution in [0.4, 0.5) is 0 Å². The average molecular weight is 364 g/mol. The van der Waals surface area contributed by atoms with Gasteiger partial charge >= 0.3 is 0 Å². The van der Waals surface area contributed by atoms with Crippen LogP contribution in [0.1, 0.15) is 18.5 Å². The minimum absolute atomic E-state index is 0.238. The Balaban J connectivity index is 2.08. The van der Waals surface area contributed by atoms with Crippen molar-refractivity contribution in [2.75, 3.05) is 20.6 Å². The number of hydrogen-bond acceptors (Lipinski definition) is 4. The molecule has 1 atom stereocenters. The highest BCUT2D eigenvalue weighted by molar-refractivity contribution is 5.91. The Kier molecular flexibility index (Phi) is 5.69. The van der Waals surface area contributed by atoms with Gasteiger partial charge in [-0.15, -0.1) is 0 Å². The van der Waals surface area contributed by atoms with Gasteiger partial charge in [-0.1, -0.05) is 30.3 Å². The van der Waals surface area contributed by atoms with Gasteiger partial charge in [-0.05, 0) is 50.9 Å². The average Bonchev–Trinajstić information content (AvgIpc) is 3.05. The molecule has 0 bridgehead atoms. The maximum atomic E-state index is 11.2. The molecule has 140 valence electrons. The van der Waals surface area contributed by atoms with Crippen molar-refractivity contribution in [2.45, 2.75) is 13.0 Å².